The van der Waals surface area contributed by atoms with Crippen LogP contribution in [0.3, 0.4) is 0 Å². The van der Waals surface area contributed by atoms with E-state index in [1.807, 2.05) is 0 Å². The molecule has 6 rings (SSSR count). The van der Waals surface area contributed by atoms with Gasteiger partial charge < -0.3 is 9.47 Å². The first-order chi connectivity index (χ1) is 19.8. The highest BCUT2D eigenvalue weighted by molar-refractivity contribution is 8.01. The number of amides is 2. The fourth-order valence-corrected chi connectivity index (χ4v) is 7.67. The minimum absolute atomic E-state index is 0.0218. The predicted octanol–water partition coefficient (Wildman–Crippen LogP) is 5.98. The number of nitrogens with one attached hydrogen (secondary N) is 1. The van der Waals surface area contributed by atoms with Crippen LogP contribution >= 0.6 is 23.1 Å². The number of alkyl halides is 2. The smallest absolute Gasteiger partial charge is 0.263 e. The molecule has 1 atom stereocenters. The minimum Gasteiger partial charge on any atom is -0.496 e. The summed E-state index contributed by atoms with van der Waals surface area (Å²) in [5.41, 5.74) is 0.633. The number of aromatic nitrogens is 3. The van der Waals surface area contributed by atoms with Gasteiger partial charge >= 0.3 is 0 Å². The summed E-state index contributed by atoms with van der Waals surface area (Å²) in [7, 11) is 1.44. The third-order valence-electron chi connectivity index (χ3n) is 8.07. The minimum atomic E-state index is -2.72. The molecule has 3 fully saturated rings. The van der Waals surface area contributed by atoms with E-state index < -0.39 is 12.3 Å². The van der Waals surface area contributed by atoms with Crippen LogP contribution in [0.2, 0.25) is 0 Å². The van der Waals surface area contributed by atoms with Gasteiger partial charge in [0, 0.05) is 47.7 Å². The van der Waals surface area contributed by atoms with Gasteiger partial charge in [-0.3, -0.25) is 19.8 Å². The Hall–Kier alpha value is -3.16. The lowest BCUT2D eigenvalue weighted by Crippen LogP contribution is -2.47. The molecule has 3 aliphatic rings. The normalized spacial score (nSPS) is 20.0. The molecule has 2 saturated heterocycles. The molecule has 9 nitrogen and oxygen atoms in total. The Bertz CT molecular complexity index is 1460. The second kappa shape index (κ2) is 11.6. The second-order valence-corrected chi connectivity index (χ2v) is 13.1. The van der Waals surface area contributed by atoms with Gasteiger partial charge in [0.1, 0.15) is 11.6 Å². The highest BCUT2D eigenvalue weighted by Gasteiger charge is 2.43. The molecule has 2 amide bonds. The van der Waals surface area contributed by atoms with Crippen molar-refractivity contribution in [1.29, 1.82) is 0 Å². The average molecular weight is 602 g/mol. The first-order valence-electron chi connectivity index (χ1n) is 13.5. The molecule has 4 heterocycles. The van der Waals surface area contributed by atoms with E-state index in [1.165, 1.54) is 42.8 Å². The van der Waals surface area contributed by atoms with Crippen molar-refractivity contribution < 1.29 is 27.8 Å². The van der Waals surface area contributed by atoms with Crippen LogP contribution in [0.5, 0.6) is 5.75 Å². The second-order valence-electron chi connectivity index (χ2n) is 10.6. The van der Waals surface area contributed by atoms with Gasteiger partial charge in [0.25, 0.3) is 12.3 Å². The van der Waals surface area contributed by atoms with Crippen molar-refractivity contribution in [3.05, 3.63) is 41.6 Å². The predicted molar refractivity (Wildman–Crippen MR) is 152 cm³/mol. The topological polar surface area (TPSA) is 107 Å². The number of carbonyl (C=O) groups excluding carboxylic acids is 2. The zero-order valence-electron chi connectivity index (χ0n) is 22.4. The van der Waals surface area contributed by atoms with Gasteiger partial charge in [0.2, 0.25) is 11.0 Å². The van der Waals surface area contributed by atoms with Crippen molar-refractivity contribution in [3.8, 4) is 16.9 Å². The summed E-state index contributed by atoms with van der Waals surface area (Å²) in [6, 6.07) is 5.66. The molecule has 3 aromatic rings. The third-order valence-corrected chi connectivity index (χ3v) is 10.2. The molecule has 216 valence electrons. The number of ether oxygens (including phenoxy) is 2. The number of nitrogens with zero attached hydrogens (tertiary/aromatic N) is 4. The zero-order chi connectivity index (χ0) is 28.6. The number of thioether (sulfide) groups is 1. The molecule has 0 bridgehead atoms. The van der Waals surface area contributed by atoms with E-state index in [-0.39, 0.29) is 22.4 Å². The van der Waals surface area contributed by atoms with E-state index in [2.05, 4.69) is 20.5 Å². The number of piperidine rings is 1. The summed E-state index contributed by atoms with van der Waals surface area (Å²) in [6.07, 6.45) is 4.18. The molecule has 1 aromatic carbocycles. The number of pyridine rings is 1. The number of anilines is 2. The van der Waals surface area contributed by atoms with E-state index in [0.717, 1.165) is 32.1 Å². The number of halogens is 2. The lowest BCUT2D eigenvalue weighted by molar-refractivity contribution is -0.124. The van der Waals surface area contributed by atoms with Crippen LogP contribution in [0, 0.1) is 5.41 Å². The quantitative estimate of drug-likeness (QED) is 0.315. The highest BCUT2D eigenvalue weighted by atomic mass is 32.2. The summed E-state index contributed by atoms with van der Waals surface area (Å²) in [5.74, 6) is 0.131. The summed E-state index contributed by atoms with van der Waals surface area (Å²) >= 11 is 2.81. The molecule has 2 aliphatic heterocycles. The van der Waals surface area contributed by atoms with E-state index in [9.17, 15) is 18.4 Å². The number of hydrogen-bond acceptors (Lipinski definition) is 9. The van der Waals surface area contributed by atoms with Gasteiger partial charge in [-0.25, -0.2) is 13.8 Å². The van der Waals surface area contributed by atoms with Gasteiger partial charge in [0.15, 0.2) is 4.34 Å². The van der Waals surface area contributed by atoms with Crippen LogP contribution in [0.25, 0.3) is 11.1 Å². The lowest BCUT2D eigenvalue weighted by atomic mass is 9.63. The number of rotatable bonds is 8. The molecule has 41 heavy (non-hydrogen) atoms. The first-order valence-corrected chi connectivity index (χ1v) is 15.2. The van der Waals surface area contributed by atoms with Crippen molar-refractivity contribution >= 4 is 45.9 Å². The Kier molecular flexibility index (Phi) is 7.92. The summed E-state index contributed by atoms with van der Waals surface area (Å²) < 4.78 is 39.1. The van der Waals surface area contributed by atoms with Crippen LogP contribution in [0.15, 0.2) is 34.8 Å². The summed E-state index contributed by atoms with van der Waals surface area (Å²) in [5, 5.41) is 11.6. The molecule has 1 saturated carbocycles. The maximum Gasteiger partial charge on any atom is 0.263 e. The van der Waals surface area contributed by atoms with Gasteiger partial charge in [-0.1, -0.05) is 29.5 Å². The molecule has 0 radical (unpaired) electrons. The zero-order valence-corrected chi connectivity index (χ0v) is 24.0. The Morgan fingerprint density at radius 1 is 1.24 bits per heavy atom. The highest BCUT2D eigenvalue weighted by Crippen LogP contribution is 2.50. The Morgan fingerprint density at radius 2 is 2.10 bits per heavy atom. The molecule has 1 unspecified atom stereocenters. The number of hydrogen-bond donors (Lipinski definition) is 1. The Labute approximate surface area is 244 Å². The summed E-state index contributed by atoms with van der Waals surface area (Å²) in [6.45, 7) is 1.88. The van der Waals surface area contributed by atoms with Crippen molar-refractivity contribution in [2.75, 3.05) is 37.1 Å². The van der Waals surface area contributed by atoms with Crippen LogP contribution in [0.1, 0.15) is 60.9 Å². The average Bonchev–Trinajstić information content (AvgIpc) is 3.63. The first kappa shape index (κ1) is 28.0. The number of carbonyl (C=O) groups is 2. The van der Waals surface area contributed by atoms with Crippen LogP contribution in [-0.4, -0.2) is 59.1 Å². The van der Waals surface area contributed by atoms with Crippen molar-refractivity contribution in [1.82, 2.24) is 15.2 Å². The fourth-order valence-electron chi connectivity index (χ4n) is 5.61. The Morgan fingerprint density at radius 3 is 2.78 bits per heavy atom. The monoisotopic (exact) mass is 601 g/mol. The Balaban J connectivity index is 1.33. The molecule has 1 N–H and O–H groups in total. The number of benzene rings is 1. The molecule has 2 aromatic heterocycles. The van der Waals surface area contributed by atoms with Crippen LogP contribution in [0.4, 0.5) is 19.7 Å². The largest absolute Gasteiger partial charge is 0.496 e. The van der Waals surface area contributed by atoms with Gasteiger partial charge in [-0.15, -0.1) is 10.2 Å². The van der Waals surface area contributed by atoms with E-state index in [0.29, 0.717) is 63.6 Å². The van der Waals surface area contributed by atoms with Gasteiger partial charge in [0.05, 0.1) is 19.3 Å². The van der Waals surface area contributed by atoms with Gasteiger partial charge in [-0.2, -0.15) is 0 Å². The number of methoxy groups -OCH3 is 1. The SMILES string of the molecule is COc1ccc(C(F)F)cc1-c1cc(N2CCC3(CCC3)CC2=O)ncc1C(=O)Nc1nnc(SC2CCOC2)s1. The summed E-state index contributed by atoms with van der Waals surface area (Å²) in [4.78, 5) is 32.8. The lowest BCUT2D eigenvalue weighted by Gasteiger charge is -2.47. The molecule has 13 heteroatoms. The standard InChI is InChI=1S/C28H29F2N5O4S2/c1-38-21-4-3-16(24(29)30)11-19(21)18-12-22(35-9-8-28(6-2-7-28)13-23(35)36)31-14-20(18)25(37)32-26-33-34-27(41-26)40-17-5-10-39-15-17/h3-4,11-12,14,17,24H,2,5-10,13,15H2,1H3,(H,32,33,37). The molecular weight excluding hydrogens is 572 g/mol. The van der Waals surface area contributed by atoms with Crippen LogP contribution in [-0.2, 0) is 9.53 Å². The fraction of sp³-hybridized carbons (Fsp3) is 0.464. The van der Waals surface area contributed by atoms with E-state index in [4.69, 9.17) is 9.47 Å². The maximum absolute atomic E-state index is 13.7. The maximum atomic E-state index is 13.7. The van der Waals surface area contributed by atoms with Crippen LogP contribution < -0.4 is 15.0 Å². The van der Waals surface area contributed by atoms with Crippen molar-refractivity contribution in [3.63, 3.8) is 0 Å². The van der Waals surface area contributed by atoms with Gasteiger partial charge in [-0.05, 0) is 55.4 Å². The molecule has 1 aliphatic carbocycles. The van der Waals surface area contributed by atoms with E-state index >= 15 is 0 Å². The molecule has 1 spiro atoms. The van der Waals surface area contributed by atoms with Crippen molar-refractivity contribution in [2.45, 2.75) is 54.5 Å². The third kappa shape index (κ3) is 5.80. The molecular formula is C28H29F2N5O4S2. The van der Waals surface area contributed by atoms with E-state index in [1.54, 1.807) is 22.7 Å². The van der Waals surface area contributed by atoms with Crippen molar-refractivity contribution in [2.24, 2.45) is 5.41 Å².